The second kappa shape index (κ2) is 4.80. The highest BCUT2D eigenvalue weighted by molar-refractivity contribution is 7.87. The molecule has 1 N–H and O–H groups in total. The summed E-state index contributed by atoms with van der Waals surface area (Å²) in [5.74, 6) is 0. The van der Waals surface area contributed by atoms with Crippen molar-refractivity contribution in [3.8, 4) is 0 Å². The van der Waals surface area contributed by atoms with Gasteiger partial charge in [0.1, 0.15) is 0 Å². The zero-order valence-electron chi connectivity index (χ0n) is 9.75. The van der Waals surface area contributed by atoms with Gasteiger partial charge in [-0.3, -0.25) is 4.18 Å². The van der Waals surface area contributed by atoms with Gasteiger partial charge in [-0.1, -0.05) is 20.8 Å². The number of nitrogens with one attached hydrogen (secondary N) is 1. The quantitative estimate of drug-likeness (QED) is 0.745. The Labute approximate surface area is 92.5 Å². The summed E-state index contributed by atoms with van der Waals surface area (Å²) in [6, 6.07) is 0. The maximum absolute atomic E-state index is 11.8. The Morgan fingerprint density at radius 3 is 2.53 bits per heavy atom. The van der Waals surface area contributed by atoms with Gasteiger partial charge in [0, 0.05) is 6.54 Å². The molecule has 0 radical (unpaired) electrons. The molecule has 0 aromatic carbocycles. The van der Waals surface area contributed by atoms with Gasteiger partial charge in [-0.15, -0.1) is 0 Å². The molecule has 1 aliphatic rings. The van der Waals surface area contributed by atoms with Gasteiger partial charge in [0.15, 0.2) is 0 Å². The normalized spacial score (nSPS) is 24.1. The van der Waals surface area contributed by atoms with Crippen LogP contribution >= 0.6 is 0 Å². The van der Waals surface area contributed by atoms with Crippen LogP contribution in [0.2, 0.25) is 0 Å². The minimum absolute atomic E-state index is 0.116. The Balaban J connectivity index is 2.51. The monoisotopic (exact) mass is 235 g/mol. The van der Waals surface area contributed by atoms with E-state index < -0.39 is 10.1 Å². The molecule has 0 saturated carbocycles. The fraction of sp³-hybridized carbons (Fsp3) is 1.00. The third kappa shape index (κ3) is 4.49. The molecule has 0 aromatic rings. The topological polar surface area (TPSA) is 55.4 Å². The Hall–Kier alpha value is -0.130. The highest BCUT2D eigenvalue weighted by Crippen LogP contribution is 2.19. The van der Waals surface area contributed by atoms with Crippen LogP contribution in [0.4, 0.5) is 0 Å². The van der Waals surface area contributed by atoms with E-state index in [-0.39, 0.29) is 17.3 Å². The molecule has 0 aromatic heterocycles. The molecule has 15 heavy (non-hydrogen) atoms. The number of piperidine rings is 1. The summed E-state index contributed by atoms with van der Waals surface area (Å²) in [6.45, 7) is 7.56. The van der Waals surface area contributed by atoms with Crippen LogP contribution < -0.4 is 5.32 Å². The lowest BCUT2D eigenvalue weighted by Gasteiger charge is -2.24. The minimum Gasteiger partial charge on any atom is -0.315 e. The molecule has 1 heterocycles. The van der Waals surface area contributed by atoms with Crippen molar-refractivity contribution in [2.45, 2.75) is 38.9 Å². The predicted octanol–water partition coefficient (Wildman–Crippen LogP) is 1.13. The summed E-state index contributed by atoms with van der Waals surface area (Å²) in [4.78, 5) is 0. The van der Waals surface area contributed by atoms with Gasteiger partial charge < -0.3 is 5.32 Å². The average Bonchev–Trinajstić information content (AvgIpc) is 2.16. The van der Waals surface area contributed by atoms with Crippen molar-refractivity contribution in [2.24, 2.45) is 5.41 Å². The van der Waals surface area contributed by atoms with Crippen molar-refractivity contribution in [1.29, 1.82) is 0 Å². The van der Waals surface area contributed by atoms with Crippen molar-refractivity contribution in [3.05, 3.63) is 0 Å². The molecule has 0 amide bonds. The molecule has 1 fully saturated rings. The lowest BCUT2D eigenvalue weighted by atomic mass is 9.99. The van der Waals surface area contributed by atoms with Crippen molar-refractivity contribution < 1.29 is 12.6 Å². The highest BCUT2D eigenvalue weighted by Gasteiger charge is 2.29. The van der Waals surface area contributed by atoms with E-state index in [1.807, 2.05) is 20.8 Å². The summed E-state index contributed by atoms with van der Waals surface area (Å²) < 4.78 is 28.6. The van der Waals surface area contributed by atoms with E-state index in [9.17, 15) is 8.42 Å². The second-order valence-electron chi connectivity index (χ2n) is 5.28. The third-order valence-corrected chi connectivity index (χ3v) is 3.98. The Bertz CT molecular complexity index is 286. The van der Waals surface area contributed by atoms with Gasteiger partial charge in [0.2, 0.25) is 0 Å². The number of hydrogen-bond acceptors (Lipinski definition) is 4. The first kappa shape index (κ1) is 12.9. The van der Waals surface area contributed by atoms with Gasteiger partial charge in [0.25, 0.3) is 10.1 Å². The first-order chi connectivity index (χ1) is 6.81. The van der Waals surface area contributed by atoms with Gasteiger partial charge in [-0.25, -0.2) is 0 Å². The van der Waals surface area contributed by atoms with Crippen LogP contribution in [0.1, 0.15) is 33.6 Å². The molecule has 1 unspecified atom stereocenters. The minimum atomic E-state index is -3.38. The lowest BCUT2D eigenvalue weighted by molar-refractivity contribution is 0.199. The van der Waals surface area contributed by atoms with E-state index in [0.717, 1.165) is 13.0 Å². The fourth-order valence-corrected chi connectivity index (χ4v) is 2.91. The summed E-state index contributed by atoms with van der Waals surface area (Å²) in [5.41, 5.74) is -0.116. The van der Waals surface area contributed by atoms with Crippen LogP contribution in [0, 0.1) is 5.41 Å². The summed E-state index contributed by atoms with van der Waals surface area (Å²) in [5, 5.41) is 2.71. The SMILES string of the molecule is CC(C)(C)COS(=O)(=O)C1CCCNC1. The lowest BCUT2D eigenvalue weighted by Crippen LogP contribution is -2.40. The summed E-state index contributed by atoms with van der Waals surface area (Å²) >= 11 is 0. The number of rotatable bonds is 3. The summed E-state index contributed by atoms with van der Waals surface area (Å²) in [7, 11) is -3.38. The maximum atomic E-state index is 11.8. The second-order valence-corrected chi connectivity index (χ2v) is 7.17. The Morgan fingerprint density at radius 2 is 2.07 bits per heavy atom. The van der Waals surface area contributed by atoms with E-state index in [2.05, 4.69) is 5.32 Å². The zero-order chi connectivity index (χ0) is 11.5. The Kier molecular flexibility index (Phi) is 4.14. The standard InChI is InChI=1S/C10H21NO3S/c1-10(2,3)8-14-15(12,13)9-5-4-6-11-7-9/h9,11H,4-8H2,1-3H3. The highest BCUT2D eigenvalue weighted by atomic mass is 32.2. The molecule has 1 saturated heterocycles. The van der Waals surface area contributed by atoms with Gasteiger partial charge in [-0.05, 0) is 24.8 Å². The van der Waals surface area contributed by atoms with E-state index >= 15 is 0 Å². The summed E-state index contributed by atoms with van der Waals surface area (Å²) in [6.07, 6.45) is 1.61. The first-order valence-electron chi connectivity index (χ1n) is 5.40. The fourth-order valence-electron chi connectivity index (χ4n) is 1.42. The van der Waals surface area contributed by atoms with Gasteiger partial charge in [0.05, 0.1) is 11.9 Å². The van der Waals surface area contributed by atoms with Gasteiger partial charge >= 0.3 is 0 Å². The maximum Gasteiger partial charge on any atom is 0.271 e. The molecule has 0 bridgehead atoms. The average molecular weight is 235 g/mol. The molecule has 0 aliphatic carbocycles. The van der Waals surface area contributed by atoms with Gasteiger partial charge in [-0.2, -0.15) is 8.42 Å². The van der Waals surface area contributed by atoms with Crippen LogP contribution in [0.5, 0.6) is 0 Å². The molecule has 0 spiro atoms. The molecular weight excluding hydrogens is 214 g/mol. The van der Waals surface area contributed by atoms with E-state index in [4.69, 9.17) is 4.18 Å². The molecule has 5 heteroatoms. The van der Waals surface area contributed by atoms with E-state index in [1.54, 1.807) is 0 Å². The van der Waals surface area contributed by atoms with Crippen LogP contribution in [-0.4, -0.2) is 33.4 Å². The van der Waals surface area contributed by atoms with Crippen LogP contribution in [0.15, 0.2) is 0 Å². The predicted molar refractivity (Wildman–Crippen MR) is 60.2 cm³/mol. The van der Waals surface area contributed by atoms with Crippen molar-refractivity contribution >= 4 is 10.1 Å². The van der Waals surface area contributed by atoms with Crippen LogP contribution in [-0.2, 0) is 14.3 Å². The number of hydrogen-bond donors (Lipinski definition) is 1. The first-order valence-corrected chi connectivity index (χ1v) is 6.87. The van der Waals surface area contributed by atoms with Crippen molar-refractivity contribution in [1.82, 2.24) is 5.32 Å². The molecule has 90 valence electrons. The molecule has 1 atom stereocenters. The largest absolute Gasteiger partial charge is 0.315 e. The Morgan fingerprint density at radius 1 is 1.40 bits per heavy atom. The van der Waals surface area contributed by atoms with E-state index in [0.29, 0.717) is 13.0 Å². The molecular formula is C10H21NO3S. The zero-order valence-corrected chi connectivity index (χ0v) is 10.6. The van der Waals surface area contributed by atoms with Crippen LogP contribution in [0.3, 0.4) is 0 Å². The smallest absolute Gasteiger partial charge is 0.271 e. The van der Waals surface area contributed by atoms with Crippen molar-refractivity contribution in [2.75, 3.05) is 19.7 Å². The van der Waals surface area contributed by atoms with Crippen LogP contribution in [0.25, 0.3) is 0 Å². The molecule has 1 aliphatic heterocycles. The molecule has 1 rings (SSSR count). The van der Waals surface area contributed by atoms with E-state index in [1.165, 1.54) is 0 Å². The molecule has 4 nitrogen and oxygen atoms in total. The third-order valence-electron chi connectivity index (χ3n) is 2.32. The van der Waals surface area contributed by atoms with Crippen molar-refractivity contribution in [3.63, 3.8) is 0 Å².